The van der Waals surface area contributed by atoms with Crippen molar-refractivity contribution in [2.24, 2.45) is 0 Å². The van der Waals surface area contributed by atoms with Crippen LogP contribution in [-0.4, -0.2) is 32.8 Å². The maximum Gasteiger partial charge on any atom is 0.255 e. The molecule has 0 fully saturated rings. The Bertz CT molecular complexity index is 753. The molecule has 1 aromatic heterocycles. The van der Waals surface area contributed by atoms with Crippen LogP contribution < -0.4 is 0 Å². The van der Waals surface area contributed by atoms with E-state index in [0.717, 1.165) is 11.3 Å². The highest BCUT2D eigenvalue weighted by Gasteiger charge is 2.12. The zero-order valence-electron chi connectivity index (χ0n) is 12.3. The van der Waals surface area contributed by atoms with Crippen molar-refractivity contribution in [1.29, 1.82) is 0 Å². The highest BCUT2D eigenvalue weighted by Crippen LogP contribution is 2.15. The molecule has 0 aliphatic carbocycles. The average Bonchev–Trinajstić information content (AvgIpc) is 3.04. The van der Waals surface area contributed by atoms with Crippen molar-refractivity contribution in [2.75, 3.05) is 7.05 Å². The Balaban J connectivity index is 1.71. The van der Waals surface area contributed by atoms with Crippen LogP contribution in [0.2, 0.25) is 0 Å². The maximum atomic E-state index is 12.3. The zero-order chi connectivity index (χ0) is 15.4. The second kappa shape index (κ2) is 6.22. The van der Waals surface area contributed by atoms with Crippen molar-refractivity contribution in [3.63, 3.8) is 0 Å². The monoisotopic (exact) mass is 292 g/mol. The van der Waals surface area contributed by atoms with Gasteiger partial charge in [0.25, 0.3) is 5.91 Å². The number of hydrogen-bond acceptors (Lipinski definition) is 3. The predicted molar refractivity (Wildman–Crippen MR) is 84.0 cm³/mol. The topological polar surface area (TPSA) is 51.0 Å². The van der Waals surface area contributed by atoms with Crippen molar-refractivity contribution >= 4 is 5.91 Å². The summed E-state index contributed by atoms with van der Waals surface area (Å²) in [5.41, 5.74) is 2.46. The molecular formula is C17H16N4O. The summed E-state index contributed by atoms with van der Waals surface area (Å²) in [5.74, 6) is -0.0441. The Hall–Kier alpha value is -2.95. The first-order valence-corrected chi connectivity index (χ1v) is 7.00. The van der Waals surface area contributed by atoms with Gasteiger partial charge in [0.05, 0.1) is 6.20 Å². The summed E-state index contributed by atoms with van der Waals surface area (Å²) in [5, 5.41) is 8.23. The highest BCUT2D eigenvalue weighted by atomic mass is 16.2. The fourth-order valence-electron chi connectivity index (χ4n) is 2.19. The van der Waals surface area contributed by atoms with Gasteiger partial charge in [0, 0.05) is 18.2 Å². The number of carbonyl (C=O) groups excluding carboxylic acids is 1. The van der Waals surface area contributed by atoms with Crippen molar-refractivity contribution in [2.45, 2.75) is 6.67 Å². The number of amides is 1. The van der Waals surface area contributed by atoms with E-state index in [1.54, 1.807) is 28.8 Å². The predicted octanol–water partition coefficient (Wildman–Crippen LogP) is 2.67. The SMILES string of the molecule is CN(Cn1cc(-c2ccccc2)nn1)C(=O)c1ccccc1. The molecule has 22 heavy (non-hydrogen) atoms. The molecular weight excluding hydrogens is 276 g/mol. The summed E-state index contributed by atoms with van der Waals surface area (Å²) in [7, 11) is 1.75. The normalized spacial score (nSPS) is 10.4. The van der Waals surface area contributed by atoms with Gasteiger partial charge in [-0.1, -0.05) is 53.7 Å². The van der Waals surface area contributed by atoms with Crippen LogP contribution in [-0.2, 0) is 6.67 Å². The number of nitrogens with zero attached hydrogens (tertiary/aromatic N) is 4. The van der Waals surface area contributed by atoms with Crippen LogP contribution in [0.25, 0.3) is 11.3 Å². The molecule has 0 saturated carbocycles. The average molecular weight is 292 g/mol. The van der Waals surface area contributed by atoms with E-state index < -0.39 is 0 Å². The summed E-state index contributed by atoms with van der Waals surface area (Å²) >= 11 is 0. The molecule has 0 spiro atoms. The molecule has 0 atom stereocenters. The van der Waals surface area contributed by atoms with Crippen molar-refractivity contribution < 1.29 is 4.79 Å². The van der Waals surface area contributed by atoms with Gasteiger partial charge < -0.3 is 4.90 Å². The molecule has 0 aliphatic heterocycles. The van der Waals surface area contributed by atoms with Crippen LogP contribution in [0, 0.1) is 0 Å². The smallest absolute Gasteiger partial charge is 0.255 e. The Labute approximate surface area is 128 Å². The van der Waals surface area contributed by atoms with Gasteiger partial charge >= 0.3 is 0 Å². The molecule has 0 unspecified atom stereocenters. The molecule has 0 saturated heterocycles. The molecule has 0 radical (unpaired) electrons. The molecule has 5 heteroatoms. The Kier molecular flexibility index (Phi) is 3.96. The molecule has 110 valence electrons. The second-order valence-corrected chi connectivity index (χ2v) is 5.02. The molecule has 5 nitrogen and oxygen atoms in total. The first kappa shape index (κ1) is 14.0. The lowest BCUT2D eigenvalue weighted by atomic mass is 10.2. The molecule has 3 aromatic rings. The standard InChI is InChI=1S/C17H16N4O/c1-20(17(22)15-10-6-3-7-11-15)13-21-12-16(18-19-21)14-8-4-2-5-9-14/h2-12H,13H2,1H3. The van der Waals surface area contributed by atoms with Gasteiger partial charge in [-0.25, -0.2) is 4.68 Å². The van der Waals surface area contributed by atoms with Crippen LogP contribution in [0.5, 0.6) is 0 Å². The quantitative estimate of drug-likeness (QED) is 0.743. The van der Waals surface area contributed by atoms with Crippen LogP contribution in [0.4, 0.5) is 0 Å². The first-order chi connectivity index (χ1) is 10.7. The minimum atomic E-state index is -0.0441. The number of benzene rings is 2. The third-order valence-electron chi connectivity index (χ3n) is 3.33. The van der Waals surface area contributed by atoms with Gasteiger partial charge in [-0.15, -0.1) is 5.10 Å². The molecule has 1 heterocycles. The molecule has 3 rings (SSSR count). The van der Waals surface area contributed by atoms with E-state index in [-0.39, 0.29) is 5.91 Å². The van der Waals surface area contributed by atoms with Crippen LogP contribution >= 0.6 is 0 Å². The van der Waals surface area contributed by atoms with E-state index in [9.17, 15) is 4.79 Å². The van der Waals surface area contributed by atoms with Gasteiger partial charge in [-0.05, 0) is 12.1 Å². The Morgan fingerprint density at radius 2 is 1.68 bits per heavy atom. The summed E-state index contributed by atoms with van der Waals surface area (Å²) in [6.07, 6.45) is 1.84. The minimum absolute atomic E-state index is 0.0441. The van der Waals surface area contributed by atoms with Crippen LogP contribution in [0.3, 0.4) is 0 Å². The second-order valence-electron chi connectivity index (χ2n) is 5.02. The van der Waals surface area contributed by atoms with Gasteiger partial charge in [-0.2, -0.15) is 0 Å². The fourth-order valence-corrected chi connectivity index (χ4v) is 2.19. The van der Waals surface area contributed by atoms with E-state index in [2.05, 4.69) is 10.3 Å². The van der Waals surface area contributed by atoms with Crippen molar-refractivity contribution in [3.05, 3.63) is 72.4 Å². The maximum absolute atomic E-state index is 12.3. The van der Waals surface area contributed by atoms with E-state index in [1.165, 1.54) is 0 Å². The van der Waals surface area contributed by atoms with Gasteiger partial charge in [-0.3, -0.25) is 4.79 Å². The zero-order valence-corrected chi connectivity index (χ0v) is 12.3. The van der Waals surface area contributed by atoms with Crippen molar-refractivity contribution in [1.82, 2.24) is 19.9 Å². The molecule has 0 N–H and O–H groups in total. The third-order valence-corrected chi connectivity index (χ3v) is 3.33. The van der Waals surface area contributed by atoms with E-state index in [4.69, 9.17) is 0 Å². The molecule has 1 amide bonds. The van der Waals surface area contributed by atoms with Crippen molar-refractivity contribution in [3.8, 4) is 11.3 Å². The van der Waals surface area contributed by atoms with Gasteiger partial charge in [0.1, 0.15) is 12.4 Å². The number of hydrogen-bond donors (Lipinski definition) is 0. The Morgan fingerprint density at radius 3 is 2.36 bits per heavy atom. The molecule has 0 bridgehead atoms. The molecule has 0 aliphatic rings. The summed E-state index contributed by atoms with van der Waals surface area (Å²) in [6.45, 7) is 0.355. The number of aromatic nitrogens is 3. The van der Waals surface area contributed by atoms with Gasteiger partial charge in [0.2, 0.25) is 0 Å². The third kappa shape index (κ3) is 3.03. The Morgan fingerprint density at radius 1 is 1.05 bits per heavy atom. The van der Waals surface area contributed by atoms with Crippen LogP contribution in [0.1, 0.15) is 10.4 Å². The largest absolute Gasteiger partial charge is 0.322 e. The van der Waals surface area contributed by atoms with Gasteiger partial charge in [0.15, 0.2) is 0 Å². The summed E-state index contributed by atoms with van der Waals surface area (Å²) in [4.78, 5) is 13.9. The van der Waals surface area contributed by atoms with E-state index in [0.29, 0.717) is 12.2 Å². The lowest BCUT2D eigenvalue weighted by molar-refractivity contribution is 0.0743. The summed E-state index contributed by atoms with van der Waals surface area (Å²) in [6, 6.07) is 19.0. The summed E-state index contributed by atoms with van der Waals surface area (Å²) < 4.78 is 1.66. The number of rotatable bonds is 4. The lowest BCUT2D eigenvalue weighted by Gasteiger charge is -2.16. The first-order valence-electron chi connectivity index (χ1n) is 7.00. The highest BCUT2D eigenvalue weighted by molar-refractivity contribution is 5.93. The van der Waals surface area contributed by atoms with E-state index in [1.807, 2.05) is 54.7 Å². The number of carbonyl (C=O) groups is 1. The fraction of sp³-hybridized carbons (Fsp3) is 0.118. The van der Waals surface area contributed by atoms with E-state index >= 15 is 0 Å². The lowest BCUT2D eigenvalue weighted by Crippen LogP contribution is -2.29. The molecule has 2 aromatic carbocycles. The minimum Gasteiger partial charge on any atom is -0.322 e. The van der Waals surface area contributed by atoms with Crippen LogP contribution in [0.15, 0.2) is 66.9 Å².